The quantitative estimate of drug-likeness (QED) is 0.0509. The van der Waals surface area contributed by atoms with Crippen LogP contribution in [0.2, 0.25) is 0 Å². The van der Waals surface area contributed by atoms with Gasteiger partial charge in [0.1, 0.15) is 6.54 Å². The first-order valence-corrected chi connectivity index (χ1v) is 21.3. The van der Waals surface area contributed by atoms with Gasteiger partial charge in [0, 0.05) is 22.3 Å². The van der Waals surface area contributed by atoms with Gasteiger partial charge in [-0.05, 0) is 0 Å². The number of halogens is 1. The molecule has 3 N–H and O–H groups in total. The van der Waals surface area contributed by atoms with Crippen molar-refractivity contribution in [3.63, 3.8) is 0 Å². The van der Waals surface area contributed by atoms with Gasteiger partial charge in [0.05, 0.1) is 7.11 Å². The summed E-state index contributed by atoms with van der Waals surface area (Å²) in [5, 5.41) is 7.84. The second kappa shape index (κ2) is 19.9. The zero-order valence-corrected chi connectivity index (χ0v) is 31.2. The van der Waals surface area contributed by atoms with Crippen molar-refractivity contribution in [2.75, 3.05) is 32.7 Å². The van der Waals surface area contributed by atoms with E-state index in [1.807, 2.05) is 54.6 Å². The molecule has 12 nitrogen and oxygen atoms in total. The number of hydrogen-bond acceptors (Lipinski definition) is 10. The van der Waals surface area contributed by atoms with E-state index >= 15 is 0 Å². The van der Waals surface area contributed by atoms with E-state index in [-0.39, 0.29) is 30.9 Å². The van der Waals surface area contributed by atoms with Crippen molar-refractivity contribution in [1.82, 2.24) is 16.0 Å². The molecule has 0 unspecified atom stereocenters. The molecule has 0 aliphatic rings. The third-order valence-corrected chi connectivity index (χ3v) is 18.8. The van der Waals surface area contributed by atoms with Crippen molar-refractivity contribution >= 4 is 78.3 Å². The van der Waals surface area contributed by atoms with Gasteiger partial charge < -0.3 is 10.1 Å². The van der Waals surface area contributed by atoms with Crippen LogP contribution < -0.4 is 31.9 Å². The van der Waals surface area contributed by atoms with Gasteiger partial charge >= 0.3 is 239 Å². The van der Waals surface area contributed by atoms with Crippen LogP contribution in [-0.4, -0.2) is 74.4 Å². The summed E-state index contributed by atoms with van der Waals surface area (Å²) in [7, 11) is 2.34. The van der Waals surface area contributed by atoms with Crippen LogP contribution in [0, 0.1) is 4.91 Å². The maximum atomic E-state index is 13.1. The Labute approximate surface area is 304 Å². The molecule has 0 aromatic heterocycles. The van der Waals surface area contributed by atoms with Crippen molar-refractivity contribution < 1.29 is 33.4 Å². The molecule has 0 saturated carbocycles. The fraction of sp³-hybridized carbons (Fsp3) is 0.343. The molecular formula is C35H42BrN4O8PS. The molecule has 3 aromatic rings. The number of amides is 3. The van der Waals surface area contributed by atoms with Gasteiger partial charge in [-0.2, -0.15) is 0 Å². The summed E-state index contributed by atoms with van der Waals surface area (Å²) < 4.78 is 12.0. The Balaban J connectivity index is 1.66. The average molecular weight is 790 g/mol. The first-order chi connectivity index (χ1) is 24.1. The first-order valence-electron chi connectivity index (χ1n) is 15.9. The Bertz CT molecular complexity index is 1500. The Morgan fingerprint density at radius 3 is 1.72 bits per heavy atom. The van der Waals surface area contributed by atoms with Crippen molar-refractivity contribution in [3.05, 3.63) is 95.9 Å². The number of nitrogens with one attached hydrogen (secondary N) is 3. The van der Waals surface area contributed by atoms with Crippen LogP contribution in [0.1, 0.15) is 32.1 Å². The second-order valence-corrected chi connectivity index (χ2v) is 21.1. The number of carbonyl (C=O) groups is 5. The molecule has 268 valence electrons. The Morgan fingerprint density at radius 1 is 0.740 bits per heavy atom. The summed E-state index contributed by atoms with van der Waals surface area (Å²) in [6, 6.07) is 28.8. The van der Waals surface area contributed by atoms with Crippen LogP contribution in [0.5, 0.6) is 0 Å². The Morgan fingerprint density at radius 2 is 1.24 bits per heavy atom. The van der Waals surface area contributed by atoms with Gasteiger partial charge in [0.2, 0.25) is 5.91 Å². The van der Waals surface area contributed by atoms with Crippen molar-refractivity contribution in [2.24, 2.45) is 4.58 Å². The summed E-state index contributed by atoms with van der Waals surface area (Å²) in [5.74, 6) is -3.31. The molecule has 0 heterocycles. The summed E-state index contributed by atoms with van der Waals surface area (Å²) in [6.07, 6.45) is 1.74. The van der Waals surface area contributed by atoms with E-state index in [1.54, 1.807) is 0 Å². The summed E-state index contributed by atoms with van der Waals surface area (Å²) in [4.78, 5) is 72.9. The number of benzene rings is 3. The number of methoxy groups -OCH3 is 2. The third-order valence-electron chi connectivity index (χ3n) is 8.18. The predicted molar refractivity (Wildman–Crippen MR) is 201 cm³/mol. The van der Waals surface area contributed by atoms with Gasteiger partial charge in [-0.3, -0.25) is 9.59 Å². The fourth-order valence-electron chi connectivity index (χ4n) is 5.59. The number of esters is 2. The number of nitroso groups, excluding NO2 is 1. The summed E-state index contributed by atoms with van der Waals surface area (Å²) >= 11 is 4.93. The molecule has 50 heavy (non-hydrogen) atoms. The number of hydrogen-bond donors (Lipinski definition) is 3. The normalized spacial score (nSPS) is 13.0. The van der Waals surface area contributed by atoms with Gasteiger partial charge in [-0.1, -0.05) is 0 Å². The van der Waals surface area contributed by atoms with Crippen molar-refractivity contribution in [2.45, 2.75) is 44.2 Å². The molecule has 15 heteroatoms. The number of carbonyl (C=O) groups excluding carboxylic acids is 5. The molecular weight excluding hydrogens is 747 g/mol. The SMILES string of the molecule is COC(=O)CNC(=O)[C@H](CSN=O)NC(=O)CC[C@H](NC(=O)CCCCP(Br)(c1ccccc1)(c1ccccc1)c1ccccc1)C(=O)OC. The standard InChI is InChI=1S/C35H42BrN4O8PS/c1-47-33(43)24-37-34(44)30(25-50-40-46)39-32(42)22-21-29(35(45)48-2)38-31(41)20-12-13-23-49(36,26-14-6-3-7-15-26,27-16-8-4-9-17-27)28-18-10-5-11-19-28/h3-11,14-19,29-30H,12-13,20-25H2,1-2H3,(H,37,44)(H,38,41)(H,39,42)/t29-,30-/m0/s1. The molecule has 0 bridgehead atoms. The molecule has 0 spiro atoms. The van der Waals surface area contributed by atoms with Crippen LogP contribution in [0.4, 0.5) is 0 Å². The van der Waals surface area contributed by atoms with Crippen LogP contribution >= 0.6 is 32.7 Å². The molecule has 3 amide bonds. The first kappa shape index (κ1) is 40.3. The molecule has 0 aliphatic heterocycles. The van der Waals surface area contributed by atoms with Crippen LogP contribution in [0.3, 0.4) is 0 Å². The van der Waals surface area contributed by atoms with E-state index in [2.05, 4.69) is 77.2 Å². The summed E-state index contributed by atoms with van der Waals surface area (Å²) in [6.45, 7) is -0.429. The Kier molecular flexibility index (Phi) is 16.0. The third kappa shape index (κ3) is 10.7. The van der Waals surface area contributed by atoms with E-state index in [1.165, 1.54) is 23.0 Å². The number of ether oxygens (including phenoxy) is 2. The second-order valence-electron chi connectivity index (χ2n) is 11.3. The predicted octanol–water partition coefficient (Wildman–Crippen LogP) is 3.62. The van der Waals surface area contributed by atoms with Gasteiger partial charge in [0.15, 0.2) is 0 Å². The molecule has 3 rings (SSSR count). The molecule has 0 radical (unpaired) electrons. The van der Waals surface area contributed by atoms with Crippen LogP contribution in [0.25, 0.3) is 0 Å². The zero-order valence-electron chi connectivity index (χ0n) is 27.9. The molecule has 0 saturated heterocycles. The van der Waals surface area contributed by atoms with E-state index in [0.29, 0.717) is 24.8 Å². The van der Waals surface area contributed by atoms with E-state index < -0.39 is 47.7 Å². The fourth-order valence-corrected chi connectivity index (χ4v) is 13.8. The van der Waals surface area contributed by atoms with E-state index in [9.17, 15) is 28.9 Å². The number of rotatable bonds is 20. The number of nitrogens with zero attached hydrogens (tertiary/aromatic N) is 1. The minimum absolute atomic E-state index is 0.103. The van der Waals surface area contributed by atoms with Gasteiger partial charge in [-0.25, -0.2) is 0 Å². The molecule has 2 atom stereocenters. The van der Waals surface area contributed by atoms with E-state index in [4.69, 9.17) is 4.74 Å². The minimum atomic E-state index is -3.15. The van der Waals surface area contributed by atoms with Crippen LogP contribution in [0.15, 0.2) is 95.6 Å². The Hall–Kier alpha value is -4.13. The van der Waals surface area contributed by atoms with E-state index in [0.717, 1.165) is 13.3 Å². The average Bonchev–Trinajstić information content (AvgIpc) is 3.16. The van der Waals surface area contributed by atoms with Crippen LogP contribution in [-0.2, 0) is 33.4 Å². The zero-order chi connectivity index (χ0) is 36.4. The van der Waals surface area contributed by atoms with Gasteiger partial charge in [0.25, 0.3) is 0 Å². The topological polar surface area (TPSA) is 169 Å². The molecule has 0 aliphatic carbocycles. The van der Waals surface area contributed by atoms with Gasteiger partial charge in [-0.15, -0.1) is 4.91 Å². The number of unbranched alkanes of at least 4 members (excludes halogenated alkanes) is 1. The van der Waals surface area contributed by atoms with Crippen molar-refractivity contribution in [1.29, 1.82) is 0 Å². The molecule has 0 fully saturated rings. The molecule has 3 aromatic carbocycles. The van der Waals surface area contributed by atoms with Crippen molar-refractivity contribution in [3.8, 4) is 0 Å². The maximum absolute atomic E-state index is 13.1. The monoisotopic (exact) mass is 788 g/mol. The summed E-state index contributed by atoms with van der Waals surface area (Å²) in [5.41, 5.74) is 0.